The average molecular weight is 434 g/mol. The molecule has 0 saturated heterocycles. The standard InChI is InChI=1S/C26H31N3OS/c1-3-28(2)31-25-14-12-24(13-15-25)27-26(30)22-10-8-20(9-11-22)18-29-17-16-21-6-4-5-7-23(21)19-29/h5,7-15H,3-4,6,16-19H2,1-2H3,(H,27,30). The van der Waals surface area contributed by atoms with E-state index in [0.29, 0.717) is 5.56 Å². The molecule has 0 spiro atoms. The van der Waals surface area contributed by atoms with Crippen molar-refractivity contribution in [3.8, 4) is 0 Å². The van der Waals surface area contributed by atoms with Crippen molar-refractivity contribution in [2.24, 2.45) is 0 Å². The van der Waals surface area contributed by atoms with Crippen LogP contribution < -0.4 is 5.32 Å². The van der Waals surface area contributed by atoms with E-state index in [-0.39, 0.29) is 5.91 Å². The predicted molar refractivity (Wildman–Crippen MR) is 130 cm³/mol. The summed E-state index contributed by atoms with van der Waals surface area (Å²) in [5.41, 5.74) is 5.91. The molecule has 0 atom stereocenters. The first-order valence-corrected chi connectivity index (χ1v) is 11.9. The highest BCUT2D eigenvalue weighted by atomic mass is 32.2. The fraction of sp³-hybridized carbons (Fsp3) is 0.346. The molecule has 0 bridgehead atoms. The third-order valence-corrected chi connectivity index (χ3v) is 7.00. The van der Waals surface area contributed by atoms with E-state index in [1.165, 1.54) is 30.4 Å². The van der Waals surface area contributed by atoms with Gasteiger partial charge in [0, 0.05) is 42.3 Å². The summed E-state index contributed by atoms with van der Waals surface area (Å²) < 4.78 is 2.17. The summed E-state index contributed by atoms with van der Waals surface area (Å²) in [6.45, 7) is 6.19. The summed E-state index contributed by atoms with van der Waals surface area (Å²) in [6.07, 6.45) is 8.23. The maximum absolute atomic E-state index is 12.6. The van der Waals surface area contributed by atoms with Crippen LogP contribution in [0, 0.1) is 0 Å². The molecule has 1 aliphatic heterocycles. The second-order valence-corrected chi connectivity index (χ2v) is 9.52. The molecule has 1 amide bonds. The number of allylic oxidation sites excluding steroid dienone is 1. The Morgan fingerprint density at radius 2 is 1.87 bits per heavy atom. The Bertz CT molecular complexity index is 963. The van der Waals surface area contributed by atoms with Gasteiger partial charge in [-0.25, -0.2) is 4.31 Å². The third kappa shape index (κ3) is 5.88. The lowest BCUT2D eigenvalue weighted by atomic mass is 9.91. The molecule has 0 saturated carbocycles. The fourth-order valence-electron chi connectivity index (χ4n) is 4.03. The van der Waals surface area contributed by atoms with Gasteiger partial charge in [-0.15, -0.1) is 0 Å². The molecule has 31 heavy (non-hydrogen) atoms. The molecule has 0 radical (unpaired) electrons. The first kappa shape index (κ1) is 21.9. The van der Waals surface area contributed by atoms with Crippen LogP contribution >= 0.6 is 11.9 Å². The summed E-state index contributed by atoms with van der Waals surface area (Å²) >= 11 is 1.70. The van der Waals surface area contributed by atoms with E-state index in [4.69, 9.17) is 0 Å². The van der Waals surface area contributed by atoms with Crippen molar-refractivity contribution < 1.29 is 4.79 Å². The van der Waals surface area contributed by atoms with Gasteiger partial charge in [0.05, 0.1) is 0 Å². The zero-order chi connectivity index (χ0) is 21.6. The summed E-state index contributed by atoms with van der Waals surface area (Å²) in [5, 5.41) is 3.00. The van der Waals surface area contributed by atoms with Gasteiger partial charge in [-0.3, -0.25) is 9.69 Å². The molecule has 0 unspecified atom stereocenters. The van der Waals surface area contributed by atoms with Gasteiger partial charge in [0.15, 0.2) is 0 Å². The number of benzene rings is 2. The number of amides is 1. The summed E-state index contributed by atoms with van der Waals surface area (Å²) in [6, 6.07) is 16.0. The van der Waals surface area contributed by atoms with Crippen molar-refractivity contribution in [2.75, 3.05) is 32.0 Å². The minimum atomic E-state index is -0.0715. The molecule has 1 N–H and O–H groups in total. The van der Waals surface area contributed by atoms with E-state index < -0.39 is 0 Å². The van der Waals surface area contributed by atoms with Crippen molar-refractivity contribution in [1.82, 2.24) is 9.21 Å². The van der Waals surface area contributed by atoms with Crippen LogP contribution in [0.4, 0.5) is 5.69 Å². The lowest BCUT2D eigenvalue weighted by Crippen LogP contribution is -2.31. The van der Waals surface area contributed by atoms with Gasteiger partial charge < -0.3 is 5.32 Å². The van der Waals surface area contributed by atoms with Crippen LogP contribution in [-0.2, 0) is 6.54 Å². The SMILES string of the molecule is CCN(C)Sc1ccc(NC(=O)c2ccc(CN3CCC4=C(C=CCC4)C3)cc2)cc1. The van der Waals surface area contributed by atoms with E-state index in [9.17, 15) is 4.79 Å². The van der Waals surface area contributed by atoms with Gasteiger partial charge in [0.25, 0.3) is 5.91 Å². The Labute approximate surface area is 190 Å². The molecule has 5 heteroatoms. The van der Waals surface area contributed by atoms with Crippen LogP contribution in [0.15, 0.2) is 76.7 Å². The molecule has 2 aromatic rings. The summed E-state index contributed by atoms with van der Waals surface area (Å²) in [7, 11) is 2.07. The monoisotopic (exact) mass is 433 g/mol. The summed E-state index contributed by atoms with van der Waals surface area (Å²) in [4.78, 5) is 16.3. The predicted octanol–water partition coefficient (Wildman–Crippen LogP) is 5.75. The van der Waals surface area contributed by atoms with Gasteiger partial charge in [0.2, 0.25) is 0 Å². The lowest BCUT2D eigenvalue weighted by molar-refractivity contribution is 0.102. The molecule has 2 aliphatic rings. The fourth-order valence-corrected chi connectivity index (χ4v) is 4.77. The number of carbonyl (C=O) groups excluding carboxylic acids is 1. The van der Waals surface area contributed by atoms with Gasteiger partial charge in [-0.05, 0) is 85.8 Å². The second kappa shape index (κ2) is 10.3. The molecular formula is C26H31N3OS. The van der Waals surface area contributed by atoms with Crippen molar-refractivity contribution in [3.05, 3.63) is 83.0 Å². The maximum Gasteiger partial charge on any atom is 0.255 e. The first-order valence-electron chi connectivity index (χ1n) is 11.1. The van der Waals surface area contributed by atoms with Crippen LogP contribution in [-0.4, -0.2) is 41.8 Å². The zero-order valence-corrected chi connectivity index (χ0v) is 19.3. The molecule has 0 fully saturated rings. The Morgan fingerprint density at radius 3 is 2.61 bits per heavy atom. The molecule has 162 valence electrons. The Morgan fingerprint density at radius 1 is 1.10 bits per heavy atom. The summed E-state index contributed by atoms with van der Waals surface area (Å²) in [5.74, 6) is -0.0715. The Balaban J connectivity index is 1.31. The highest BCUT2D eigenvalue weighted by Gasteiger charge is 2.19. The van der Waals surface area contributed by atoms with Crippen molar-refractivity contribution in [2.45, 2.75) is 37.6 Å². The van der Waals surface area contributed by atoms with Gasteiger partial charge in [0.1, 0.15) is 0 Å². The van der Waals surface area contributed by atoms with E-state index in [1.807, 2.05) is 36.4 Å². The van der Waals surface area contributed by atoms with Crippen LogP contribution in [0.25, 0.3) is 0 Å². The molecule has 4 rings (SSSR count). The lowest BCUT2D eigenvalue weighted by Gasteiger charge is -2.31. The molecule has 1 heterocycles. The molecule has 1 aliphatic carbocycles. The van der Waals surface area contributed by atoms with Crippen molar-refractivity contribution >= 4 is 23.5 Å². The third-order valence-electron chi connectivity index (χ3n) is 5.95. The van der Waals surface area contributed by atoms with Gasteiger partial charge >= 0.3 is 0 Å². The Kier molecular flexibility index (Phi) is 7.28. The Hall–Kier alpha value is -2.34. The van der Waals surface area contributed by atoms with Crippen LogP contribution in [0.2, 0.25) is 0 Å². The number of nitrogens with one attached hydrogen (secondary N) is 1. The molecule has 4 nitrogen and oxygen atoms in total. The smallest absolute Gasteiger partial charge is 0.255 e. The number of hydrogen-bond donors (Lipinski definition) is 1. The quantitative estimate of drug-likeness (QED) is 0.564. The van der Waals surface area contributed by atoms with E-state index in [0.717, 1.165) is 36.8 Å². The van der Waals surface area contributed by atoms with Crippen molar-refractivity contribution in [1.29, 1.82) is 0 Å². The number of rotatable bonds is 7. The number of carbonyl (C=O) groups is 1. The van der Waals surface area contributed by atoms with Gasteiger partial charge in [-0.1, -0.05) is 36.8 Å². The first-order chi connectivity index (χ1) is 15.1. The van der Waals surface area contributed by atoms with E-state index in [1.54, 1.807) is 17.5 Å². The minimum absolute atomic E-state index is 0.0715. The van der Waals surface area contributed by atoms with Crippen molar-refractivity contribution in [3.63, 3.8) is 0 Å². The maximum atomic E-state index is 12.6. The topological polar surface area (TPSA) is 35.6 Å². The van der Waals surface area contributed by atoms with E-state index >= 15 is 0 Å². The van der Waals surface area contributed by atoms with Crippen LogP contribution in [0.3, 0.4) is 0 Å². The molecule has 2 aromatic carbocycles. The average Bonchev–Trinajstić information content (AvgIpc) is 2.80. The van der Waals surface area contributed by atoms with Gasteiger partial charge in [-0.2, -0.15) is 0 Å². The number of nitrogens with zero attached hydrogens (tertiary/aromatic N) is 2. The van der Waals surface area contributed by atoms with E-state index in [2.05, 4.69) is 52.8 Å². The number of hydrogen-bond acceptors (Lipinski definition) is 4. The highest BCUT2D eigenvalue weighted by molar-refractivity contribution is 7.97. The normalized spacial score (nSPS) is 16.5. The highest BCUT2D eigenvalue weighted by Crippen LogP contribution is 2.27. The largest absolute Gasteiger partial charge is 0.322 e. The zero-order valence-electron chi connectivity index (χ0n) is 18.4. The molecular weight excluding hydrogens is 402 g/mol. The van der Waals surface area contributed by atoms with Crippen LogP contribution in [0.1, 0.15) is 42.1 Å². The minimum Gasteiger partial charge on any atom is -0.322 e. The van der Waals surface area contributed by atoms with Crippen LogP contribution in [0.5, 0.6) is 0 Å². The molecule has 0 aromatic heterocycles. The number of anilines is 1. The second-order valence-electron chi connectivity index (χ2n) is 8.24.